The van der Waals surface area contributed by atoms with Crippen molar-refractivity contribution in [2.24, 2.45) is 5.73 Å². The topological polar surface area (TPSA) is 26.0 Å². The van der Waals surface area contributed by atoms with Crippen molar-refractivity contribution in [1.29, 1.82) is 0 Å². The van der Waals surface area contributed by atoms with Gasteiger partial charge in [-0.2, -0.15) is 0 Å². The molecular formula is C9H11ClFN. The Labute approximate surface area is 77.2 Å². The van der Waals surface area contributed by atoms with Gasteiger partial charge in [0.05, 0.1) is 0 Å². The molecule has 0 unspecified atom stereocenters. The van der Waals surface area contributed by atoms with Gasteiger partial charge in [-0.05, 0) is 17.5 Å². The lowest BCUT2D eigenvalue weighted by atomic mass is 10.1. The van der Waals surface area contributed by atoms with Crippen molar-refractivity contribution in [3.05, 3.63) is 35.4 Å². The van der Waals surface area contributed by atoms with Crippen LogP contribution in [0.25, 0.3) is 0 Å². The van der Waals surface area contributed by atoms with Crippen LogP contribution in [0.15, 0.2) is 24.3 Å². The van der Waals surface area contributed by atoms with Gasteiger partial charge in [-0.15, -0.1) is 12.4 Å². The molecule has 2 atom stereocenters. The van der Waals surface area contributed by atoms with Crippen LogP contribution in [0.3, 0.4) is 0 Å². The van der Waals surface area contributed by atoms with E-state index in [-0.39, 0.29) is 18.4 Å². The second-order valence-electron chi connectivity index (χ2n) is 2.97. The molecule has 0 saturated heterocycles. The number of alkyl halides is 1. The van der Waals surface area contributed by atoms with Gasteiger partial charge in [0.15, 0.2) is 0 Å². The Morgan fingerprint density at radius 3 is 2.67 bits per heavy atom. The molecule has 1 nitrogen and oxygen atoms in total. The Balaban J connectivity index is 0.000000720. The Morgan fingerprint density at radius 1 is 1.33 bits per heavy atom. The molecule has 3 heteroatoms. The lowest BCUT2D eigenvalue weighted by Crippen LogP contribution is -2.21. The molecular weight excluding hydrogens is 177 g/mol. The number of nitrogens with two attached hydrogens (primary N) is 1. The summed E-state index contributed by atoms with van der Waals surface area (Å²) in [6.45, 7) is 0. The number of rotatable bonds is 0. The van der Waals surface area contributed by atoms with Crippen molar-refractivity contribution in [3.63, 3.8) is 0 Å². The van der Waals surface area contributed by atoms with E-state index in [1.165, 1.54) is 0 Å². The molecule has 0 aliphatic heterocycles. The molecule has 1 aromatic rings. The van der Waals surface area contributed by atoms with E-state index in [1.54, 1.807) is 0 Å². The number of benzene rings is 1. The zero-order chi connectivity index (χ0) is 7.84. The van der Waals surface area contributed by atoms with Crippen molar-refractivity contribution in [1.82, 2.24) is 0 Å². The fraction of sp³-hybridized carbons (Fsp3) is 0.333. The first-order chi connectivity index (χ1) is 5.29. The predicted molar refractivity (Wildman–Crippen MR) is 49.2 cm³/mol. The van der Waals surface area contributed by atoms with Crippen LogP contribution >= 0.6 is 12.4 Å². The van der Waals surface area contributed by atoms with E-state index in [0.29, 0.717) is 6.42 Å². The summed E-state index contributed by atoms with van der Waals surface area (Å²) in [6, 6.07) is 7.20. The van der Waals surface area contributed by atoms with E-state index >= 15 is 0 Å². The summed E-state index contributed by atoms with van der Waals surface area (Å²) >= 11 is 0. The van der Waals surface area contributed by atoms with E-state index in [1.807, 2.05) is 24.3 Å². The zero-order valence-corrected chi connectivity index (χ0v) is 7.35. The van der Waals surface area contributed by atoms with E-state index in [2.05, 4.69) is 0 Å². The van der Waals surface area contributed by atoms with Gasteiger partial charge < -0.3 is 5.73 Å². The molecule has 1 aliphatic carbocycles. The Kier molecular flexibility index (Phi) is 2.70. The van der Waals surface area contributed by atoms with Gasteiger partial charge in [-0.1, -0.05) is 24.3 Å². The Morgan fingerprint density at radius 2 is 2.00 bits per heavy atom. The fourth-order valence-corrected chi connectivity index (χ4v) is 1.58. The standard InChI is InChI=1S/C9H10FN.ClH/c10-9-7-4-2-1-3-6(7)5-8(9)11;/h1-4,8-9H,5,11H2;1H/t8-,9-;/m1./s1. The van der Waals surface area contributed by atoms with Crippen molar-refractivity contribution >= 4 is 12.4 Å². The van der Waals surface area contributed by atoms with Gasteiger partial charge in [-0.25, -0.2) is 4.39 Å². The summed E-state index contributed by atoms with van der Waals surface area (Å²) in [6.07, 6.45) is -0.275. The molecule has 2 rings (SSSR count). The number of halogens is 2. The molecule has 0 amide bonds. The van der Waals surface area contributed by atoms with Gasteiger partial charge in [0.2, 0.25) is 0 Å². The van der Waals surface area contributed by atoms with Crippen LogP contribution in [-0.2, 0) is 6.42 Å². The van der Waals surface area contributed by atoms with Crippen molar-refractivity contribution < 1.29 is 4.39 Å². The third-order valence-electron chi connectivity index (χ3n) is 2.18. The van der Waals surface area contributed by atoms with E-state index in [9.17, 15) is 4.39 Å². The smallest absolute Gasteiger partial charge is 0.141 e. The summed E-state index contributed by atoms with van der Waals surface area (Å²) in [7, 11) is 0. The maximum atomic E-state index is 13.2. The van der Waals surface area contributed by atoms with Crippen molar-refractivity contribution in [2.45, 2.75) is 18.6 Å². The number of fused-ring (bicyclic) bond motifs is 1. The first-order valence-corrected chi connectivity index (χ1v) is 3.76. The average Bonchev–Trinajstić information content (AvgIpc) is 2.30. The van der Waals surface area contributed by atoms with Crippen LogP contribution in [0.1, 0.15) is 17.3 Å². The maximum Gasteiger partial charge on any atom is 0.141 e. The largest absolute Gasteiger partial charge is 0.325 e. The molecule has 12 heavy (non-hydrogen) atoms. The van der Waals surface area contributed by atoms with Crippen LogP contribution in [0.5, 0.6) is 0 Å². The molecule has 0 heterocycles. The average molecular weight is 188 g/mol. The third-order valence-corrected chi connectivity index (χ3v) is 2.18. The minimum atomic E-state index is -0.953. The molecule has 0 radical (unpaired) electrons. The van der Waals surface area contributed by atoms with Crippen LogP contribution in [0.4, 0.5) is 4.39 Å². The highest BCUT2D eigenvalue weighted by Crippen LogP contribution is 2.32. The molecule has 0 aromatic heterocycles. The number of hydrogen-bond donors (Lipinski definition) is 1. The molecule has 66 valence electrons. The second-order valence-corrected chi connectivity index (χ2v) is 2.97. The molecule has 0 bridgehead atoms. The van der Waals surface area contributed by atoms with Crippen molar-refractivity contribution in [2.75, 3.05) is 0 Å². The van der Waals surface area contributed by atoms with Gasteiger partial charge in [0.25, 0.3) is 0 Å². The normalized spacial score (nSPS) is 26.2. The summed E-state index contributed by atoms with van der Waals surface area (Å²) in [4.78, 5) is 0. The monoisotopic (exact) mass is 187 g/mol. The molecule has 0 spiro atoms. The highest BCUT2D eigenvalue weighted by Gasteiger charge is 2.28. The molecule has 1 aliphatic rings. The lowest BCUT2D eigenvalue weighted by Gasteiger charge is -2.04. The highest BCUT2D eigenvalue weighted by atomic mass is 35.5. The van der Waals surface area contributed by atoms with E-state index in [4.69, 9.17) is 5.73 Å². The van der Waals surface area contributed by atoms with E-state index in [0.717, 1.165) is 11.1 Å². The summed E-state index contributed by atoms with van der Waals surface area (Å²) in [5.41, 5.74) is 7.39. The maximum absolute atomic E-state index is 13.2. The van der Waals surface area contributed by atoms with Gasteiger partial charge in [-0.3, -0.25) is 0 Å². The number of hydrogen-bond acceptors (Lipinski definition) is 1. The Bertz CT molecular complexity index is 277. The van der Waals surface area contributed by atoms with Crippen LogP contribution in [-0.4, -0.2) is 6.04 Å². The highest BCUT2D eigenvalue weighted by molar-refractivity contribution is 5.85. The van der Waals surface area contributed by atoms with Gasteiger partial charge in [0, 0.05) is 6.04 Å². The molecule has 0 saturated carbocycles. The van der Waals surface area contributed by atoms with E-state index < -0.39 is 6.17 Å². The lowest BCUT2D eigenvalue weighted by molar-refractivity contribution is 0.308. The third kappa shape index (κ3) is 1.32. The van der Waals surface area contributed by atoms with Gasteiger partial charge in [0.1, 0.15) is 6.17 Å². The minimum absolute atomic E-state index is 0. The zero-order valence-electron chi connectivity index (χ0n) is 6.53. The molecule has 2 N–H and O–H groups in total. The van der Waals surface area contributed by atoms with Crippen LogP contribution in [0.2, 0.25) is 0 Å². The van der Waals surface area contributed by atoms with Crippen LogP contribution in [0, 0.1) is 0 Å². The van der Waals surface area contributed by atoms with Crippen molar-refractivity contribution in [3.8, 4) is 0 Å². The first-order valence-electron chi connectivity index (χ1n) is 3.76. The molecule has 1 aromatic carbocycles. The van der Waals surface area contributed by atoms with Crippen LogP contribution < -0.4 is 5.73 Å². The summed E-state index contributed by atoms with van der Waals surface area (Å²) in [5.74, 6) is 0. The fourth-order valence-electron chi connectivity index (χ4n) is 1.58. The molecule has 0 fully saturated rings. The SMILES string of the molecule is Cl.N[C@@H]1Cc2ccccc2[C@H]1F. The quantitative estimate of drug-likeness (QED) is 0.661. The predicted octanol–water partition coefficient (Wildman–Crippen LogP) is 2.00. The Hall–Kier alpha value is -0.600. The summed E-state index contributed by atoms with van der Waals surface area (Å²) < 4.78 is 13.2. The first kappa shape index (κ1) is 9.49. The minimum Gasteiger partial charge on any atom is -0.325 e. The summed E-state index contributed by atoms with van der Waals surface area (Å²) in [5, 5.41) is 0. The van der Waals surface area contributed by atoms with Gasteiger partial charge >= 0.3 is 0 Å². The second kappa shape index (κ2) is 3.42.